The molecule has 1 aliphatic heterocycles. The van der Waals surface area contributed by atoms with Crippen LogP contribution >= 0.6 is 0 Å². The van der Waals surface area contributed by atoms with Crippen LogP contribution in [0.1, 0.15) is 0 Å². The van der Waals surface area contributed by atoms with E-state index in [0.717, 1.165) is 49.2 Å². The first-order valence-electron chi connectivity index (χ1n) is 10.8. The van der Waals surface area contributed by atoms with Gasteiger partial charge in [0.2, 0.25) is 0 Å². The highest BCUT2D eigenvalue weighted by molar-refractivity contribution is 5.85. The highest BCUT2D eigenvalue weighted by Crippen LogP contribution is 2.26. The number of hydrogen-bond acceptors (Lipinski definition) is 7. The minimum Gasteiger partial charge on any atom is -0.492 e. The average molecular weight is 431 g/mol. The van der Waals surface area contributed by atoms with Gasteiger partial charge in [-0.15, -0.1) is 0 Å². The van der Waals surface area contributed by atoms with Crippen molar-refractivity contribution in [2.45, 2.75) is 0 Å². The van der Waals surface area contributed by atoms with Crippen molar-refractivity contribution < 1.29 is 14.4 Å². The molecule has 0 unspecified atom stereocenters. The van der Waals surface area contributed by atoms with E-state index < -0.39 is 0 Å². The molecule has 4 aromatic rings. The van der Waals surface area contributed by atoms with Gasteiger partial charge in [0.15, 0.2) is 5.76 Å². The fourth-order valence-corrected chi connectivity index (χ4v) is 4.03. The Hall–Kier alpha value is -3.42. The zero-order valence-corrected chi connectivity index (χ0v) is 18.1. The lowest BCUT2D eigenvalue weighted by atomic mass is 10.1. The van der Waals surface area contributed by atoms with Gasteiger partial charge in [-0.1, -0.05) is 29.4 Å². The van der Waals surface area contributed by atoms with Gasteiger partial charge in [0, 0.05) is 50.4 Å². The molecule has 0 spiro atoms. The lowest BCUT2D eigenvalue weighted by molar-refractivity contribution is 0.134. The maximum Gasteiger partial charge on any atom is 0.155 e. The largest absolute Gasteiger partial charge is 0.492 e. The third-order valence-corrected chi connectivity index (χ3v) is 5.98. The Balaban J connectivity index is 1.38. The third-order valence-electron chi connectivity index (χ3n) is 5.98. The van der Waals surface area contributed by atoms with Crippen molar-refractivity contribution >= 4 is 21.7 Å². The molecule has 7 heteroatoms. The Bertz CT molecular complexity index is 1310. The van der Waals surface area contributed by atoms with Crippen molar-refractivity contribution in [3.8, 4) is 17.2 Å². The molecular weight excluding hydrogens is 404 g/mol. The molecule has 1 N–H and O–H groups in total. The Morgan fingerprint density at radius 1 is 1.03 bits per heavy atom. The molecule has 0 amide bonds. The van der Waals surface area contributed by atoms with Crippen molar-refractivity contribution in [3.05, 3.63) is 66.2 Å². The molecule has 1 saturated heterocycles. The van der Waals surface area contributed by atoms with Gasteiger partial charge in [-0.2, -0.15) is 0 Å². The summed E-state index contributed by atoms with van der Waals surface area (Å²) in [5.74, 6) is 1.27. The van der Waals surface area contributed by atoms with Crippen LogP contribution in [-0.2, 0) is 0 Å². The van der Waals surface area contributed by atoms with Crippen molar-refractivity contribution in [3.63, 3.8) is 0 Å². The quantitative estimate of drug-likeness (QED) is 0.386. The SMILES string of the molecule is CN1CCN(CCOc2ccc3oc(-c4cc5ccccc5cn4)c/c(=N\O)c3c2)CC1. The standard InChI is InChI=1S/C25H26N4O3/c1-28-8-10-29(11-9-28)12-13-31-20-6-7-24-21(15-20)22(27-30)16-25(32-24)23-14-18-4-2-3-5-19(18)17-26-23/h2-7,14-17,30H,8-13H2,1H3/b27-22+. The van der Waals surface area contributed by atoms with E-state index in [1.54, 1.807) is 6.07 Å². The number of piperazine rings is 1. The minimum absolute atomic E-state index is 0.417. The van der Waals surface area contributed by atoms with E-state index in [-0.39, 0.29) is 0 Å². The fourth-order valence-electron chi connectivity index (χ4n) is 4.03. The van der Waals surface area contributed by atoms with Crippen molar-refractivity contribution in [2.24, 2.45) is 5.16 Å². The van der Waals surface area contributed by atoms with Gasteiger partial charge in [0.05, 0.1) is 5.39 Å². The number of fused-ring (bicyclic) bond motifs is 2. The van der Waals surface area contributed by atoms with E-state index in [1.807, 2.05) is 54.7 Å². The van der Waals surface area contributed by atoms with Crippen molar-refractivity contribution in [1.29, 1.82) is 0 Å². The van der Waals surface area contributed by atoms with Crippen LogP contribution in [0.4, 0.5) is 0 Å². The summed E-state index contributed by atoms with van der Waals surface area (Å²) in [5.41, 5.74) is 1.29. The molecule has 5 rings (SSSR count). The Kier molecular flexibility index (Phi) is 5.75. The lowest BCUT2D eigenvalue weighted by Gasteiger charge is -2.32. The number of ether oxygens (including phenoxy) is 1. The van der Waals surface area contributed by atoms with Crippen molar-refractivity contribution in [1.82, 2.24) is 14.8 Å². The molecule has 0 bridgehead atoms. The van der Waals surface area contributed by atoms with Crippen LogP contribution in [0.5, 0.6) is 5.75 Å². The second-order valence-electron chi connectivity index (χ2n) is 8.16. The zero-order chi connectivity index (χ0) is 21.9. The maximum absolute atomic E-state index is 9.65. The summed E-state index contributed by atoms with van der Waals surface area (Å²) in [4.78, 5) is 9.27. The predicted molar refractivity (Wildman–Crippen MR) is 124 cm³/mol. The second-order valence-corrected chi connectivity index (χ2v) is 8.16. The molecule has 3 heterocycles. The molecule has 2 aromatic heterocycles. The average Bonchev–Trinajstić information content (AvgIpc) is 2.84. The number of likely N-dealkylation sites (N-methyl/N-ethyl adjacent to an activating group) is 1. The molecule has 164 valence electrons. The fraction of sp³-hybridized carbons (Fsp3) is 0.280. The zero-order valence-electron chi connectivity index (χ0n) is 18.1. The van der Waals surface area contributed by atoms with Gasteiger partial charge in [0.25, 0.3) is 0 Å². The summed E-state index contributed by atoms with van der Waals surface area (Å²) in [6.45, 7) is 5.81. The highest BCUT2D eigenvalue weighted by atomic mass is 16.5. The summed E-state index contributed by atoms with van der Waals surface area (Å²) in [6, 6.07) is 17.3. The van der Waals surface area contributed by atoms with E-state index in [2.05, 4.69) is 27.0 Å². The molecule has 0 aliphatic carbocycles. The van der Waals surface area contributed by atoms with Crippen LogP contribution in [0, 0.1) is 0 Å². The summed E-state index contributed by atoms with van der Waals surface area (Å²) in [7, 11) is 2.15. The van der Waals surface area contributed by atoms with Gasteiger partial charge in [0.1, 0.15) is 29.0 Å². The van der Waals surface area contributed by atoms with Crippen LogP contribution < -0.4 is 10.1 Å². The highest BCUT2D eigenvalue weighted by Gasteiger charge is 2.14. The topological polar surface area (TPSA) is 74.3 Å². The number of benzene rings is 2. The smallest absolute Gasteiger partial charge is 0.155 e. The Morgan fingerprint density at radius 2 is 1.84 bits per heavy atom. The van der Waals surface area contributed by atoms with Crippen LogP contribution in [0.2, 0.25) is 0 Å². The number of rotatable bonds is 5. The predicted octanol–water partition coefficient (Wildman–Crippen LogP) is 3.56. The molecule has 1 aliphatic rings. The van der Waals surface area contributed by atoms with E-state index >= 15 is 0 Å². The molecule has 2 aromatic carbocycles. The normalized spacial score (nSPS) is 16.1. The number of hydrogen-bond donors (Lipinski definition) is 1. The van der Waals surface area contributed by atoms with Gasteiger partial charge in [-0.25, -0.2) is 0 Å². The third kappa shape index (κ3) is 4.30. The van der Waals surface area contributed by atoms with Gasteiger partial charge < -0.3 is 19.3 Å². The first kappa shape index (κ1) is 20.5. The molecule has 1 fully saturated rings. The number of nitrogens with zero attached hydrogens (tertiary/aromatic N) is 4. The van der Waals surface area contributed by atoms with E-state index in [4.69, 9.17) is 9.15 Å². The van der Waals surface area contributed by atoms with Gasteiger partial charge in [-0.05, 0) is 36.7 Å². The molecular formula is C25H26N4O3. The monoisotopic (exact) mass is 430 g/mol. The maximum atomic E-state index is 9.65. The molecule has 32 heavy (non-hydrogen) atoms. The number of pyridine rings is 1. The van der Waals surface area contributed by atoms with E-state index in [0.29, 0.717) is 34.4 Å². The number of aromatic nitrogens is 1. The molecule has 7 nitrogen and oxygen atoms in total. The molecule has 0 atom stereocenters. The molecule has 0 saturated carbocycles. The summed E-state index contributed by atoms with van der Waals surface area (Å²) < 4.78 is 12.1. The summed E-state index contributed by atoms with van der Waals surface area (Å²) in [6.07, 6.45) is 1.82. The van der Waals surface area contributed by atoms with Crippen LogP contribution in [-0.4, -0.2) is 66.4 Å². The first-order chi connectivity index (χ1) is 15.7. The molecule has 0 radical (unpaired) electrons. The van der Waals surface area contributed by atoms with Crippen LogP contribution in [0.15, 0.2) is 70.4 Å². The lowest BCUT2D eigenvalue weighted by Crippen LogP contribution is -2.45. The van der Waals surface area contributed by atoms with E-state index in [9.17, 15) is 5.21 Å². The van der Waals surface area contributed by atoms with E-state index in [1.165, 1.54) is 0 Å². The minimum atomic E-state index is 0.417. The van der Waals surface area contributed by atoms with Gasteiger partial charge in [-0.3, -0.25) is 9.88 Å². The van der Waals surface area contributed by atoms with Crippen molar-refractivity contribution in [2.75, 3.05) is 46.4 Å². The first-order valence-corrected chi connectivity index (χ1v) is 10.8. The summed E-state index contributed by atoms with van der Waals surface area (Å²) in [5, 5.41) is 16.4. The van der Waals surface area contributed by atoms with Crippen LogP contribution in [0.3, 0.4) is 0 Å². The Labute approximate surface area is 186 Å². The van der Waals surface area contributed by atoms with Crippen LogP contribution in [0.25, 0.3) is 33.2 Å². The second kappa shape index (κ2) is 8.98. The van der Waals surface area contributed by atoms with Gasteiger partial charge >= 0.3 is 0 Å². The summed E-state index contributed by atoms with van der Waals surface area (Å²) >= 11 is 0. The Morgan fingerprint density at radius 3 is 2.66 bits per heavy atom.